The van der Waals surface area contributed by atoms with E-state index in [-0.39, 0.29) is 12.4 Å². The van der Waals surface area contributed by atoms with E-state index < -0.39 is 5.97 Å². The van der Waals surface area contributed by atoms with Crippen LogP contribution in [-0.4, -0.2) is 11.1 Å². The standard InChI is InChI=1S/C13H9BrCl2O4/c1-6-7(2-11(20-6)13(17)18)5-19-12-9(14)3-8(15)4-10(12)16/h2-4H,5H2,1H3,(H,17,18). The lowest BCUT2D eigenvalue weighted by Crippen LogP contribution is -1.97. The summed E-state index contributed by atoms with van der Waals surface area (Å²) in [5.41, 5.74) is 0.639. The van der Waals surface area contributed by atoms with Gasteiger partial charge in [0.15, 0.2) is 5.75 Å². The van der Waals surface area contributed by atoms with E-state index in [4.69, 9.17) is 37.5 Å². The number of hydrogen-bond donors (Lipinski definition) is 1. The summed E-state index contributed by atoms with van der Waals surface area (Å²) in [6.07, 6.45) is 0. The van der Waals surface area contributed by atoms with E-state index in [9.17, 15) is 4.79 Å². The minimum absolute atomic E-state index is 0.123. The lowest BCUT2D eigenvalue weighted by molar-refractivity contribution is 0.0661. The van der Waals surface area contributed by atoms with Crippen molar-refractivity contribution >= 4 is 45.1 Å². The second kappa shape index (κ2) is 6.08. The van der Waals surface area contributed by atoms with Gasteiger partial charge < -0.3 is 14.3 Å². The van der Waals surface area contributed by atoms with Gasteiger partial charge in [0.2, 0.25) is 5.76 Å². The maximum atomic E-state index is 10.8. The van der Waals surface area contributed by atoms with Crippen LogP contribution < -0.4 is 4.74 Å². The molecule has 106 valence electrons. The van der Waals surface area contributed by atoms with Gasteiger partial charge >= 0.3 is 5.97 Å². The van der Waals surface area contributed by atoms with Crippen molar-refractivity contribution in [3.63, 3.8) is 0 Å². The third kappa shape index (κ3) is 3.29. The summed E-state index contributed by atoms with van der Waals surface area (Å²) in [4.78, 5) is 10.8. The molecule has 2 aromatic rings. The zero-order valence-electron chi connectivity index (χ0n) is 10.2. The van der Waals surface area contributed by atoms with Gasteiger partial charge in [0.1, 0.15) is 12.4 Å². The molecule has 0 unspecified atom stereocenters. The summed E-state index contributed by atoms with van der Waals surface area (Å²) in [5, 5.41) is 9.70. The van der Waals surface area contributed by atoms with Crippen molar-refractivity contribution in [3.8, 4) is 5.75 Å². The Morgan fingerprint density at radius 1 is 1.40 bits per heavy atom. The number of carboxylic acids is 1. The van der Waals surface area contributed by atoms with Gasteiger partial charge in [0.05, 0.1) is 9.50 Å². The molecule has 0 atom stereocenters. The highest BCUT2D eigenvalue weighted by Gasteiger charge is 2.15. The number of hydrogen-bond acceptors (Lipinski definition) is 3. The molecule has 20 heavy (non-hydrogen) atoms. The van der Waals surface area contributed by atoms with Crippen molar-refractivity contribution in [1.29, 1.82) is 0 Å². The van der Waals surface area contributed by atoms with Gasteiger partial charge in [-0.25, -0.2) is 4.79 Å². The Morgan fingerprint density at radius 3 is 2.65 bits per heavy atom. The van der Waals surface area contributed by atoms with Crippen LogP contribution in [0.2, 0.25) is 10.0 Å². The van der Waals surface area contributed by atoms with E-state index >= 15 is 0 Å². The Kier molecular flexibility index (Phi) is 4.62. The van der Waals surface area contributed by atoms with Gasteiger partial charge in [0, 0.05) is 10.6 Å². The van der Waals surface area contributed by atoms with Crippen LogP contribution in [-0.2, 0) is 6.61 Å². The van der Waals surface area contributed by atoms with Crippen LogP contribution in [0, 0.1) is 6.92 Å². The number of benzene rings is 1. The first-order valence-electron chi connectivity index (χ1n) is 5.48. The topological polar surface area (TPSA) is 59.7 Å². The maximum Gasteiger partial charge on any atom is 0.371 e. The van der Waals surface area contributed by atoms with Crippen molar-refractivity contribution in [2.45, 2.75) is 13.5 Å². The molecule has 0 aliphatic rings. The molecule has 0 radical (unpaired) electrons. The van der Waals surface area contributed by atoms with Crippen molar-refractivity contribution in [1.82, 2.24) is 0 Å². The van der Waals surface area contributed by atoms with Crippen LogP contribution in [0.3, 0.4) is 0 Å². The van der Waals surface area contributed by atoms with Crippen LogP contribution >= 0.6 is 39.1 Å². The summed E-state index contributed by atoms with van der Waals surface area (Å²) in [7, 11) is 0. The average molecular weight is 380 g/mol. The largest absolute Gasteiger partial charge is 0.486 e. The fraction of sp³-hybridized carbons (Fsp3) is 0.154. The molecule has 0 amide bonds. The highest BCUT2D eigenvalue weighted by Crippen LogP contribution is 2.36. The van der Waals surface area contributed by atoms with E-state index in [1.165, 1.54) is 6.07 Å². The molecule has 0 aliphatic heterocycles. The third-order valence-electron chi connectivity index (χ3n) is 2.57. The normalized spacial score (nSPS) is 10.6. The minimum Gasteiger partial charge on any atom is -0.486 e. The number of aromatic carboxylic acids is 1. The number of carbonyl (C=O) groups is 1. The fourth-order valence-electron chi connectivity index (χ4n) is 1.59. The van der Waals surface area contributed by atoms with Gasteiger partial charge in [-0.3, -0.25) is 0 Å². The molecule has 0 saturated carbocycles. The van der Waals surface area contributed by atoms with Gasteiger partial charge in [0.25, 0.3) is 0 Å². The average Bonchev–Trinajstić information content (AvgIpc) is 2.70. The van der Waals surface area contributed by atoms with Crippen molar-refractivity contribution < 1.29 is 19.1 Å². The van der Waals surface area contributed by atoms with E-state index in [0.29, 0.717) is 31.6 Å². The molecule has 1 heterocycles. The SMILES string of the molecule is Cc1oc(C(=O)O)cc1COc1c(Cl)cc(Cl)cc1Br. The van der Waals surface area contributed by atoms with Gasteiger partial charge in [-0.05, 0) is 41.1 Å². The van der Waals surface area contributed by atoms with Crippen LogP contribution in [0.5, 0.6) is 5.75 Å². The Hall–Kier alpha value is -1.17. The Balaban J connectivity index is 2.19. The van der Waals surface area contributed by atoms with Crippen molar-refractivity contribution in [2.75, 3.05) is 0 Å². The number of carboxylic acid groups (broad SMARTS) is 1. The number of aryl methyl sites for hydroxylation is 1. The number of ether oxygens (including phenoxy) is 1. The molecule has 7 heteroatoms. The molecular weight excluding hydrogens is 371 g/mol. The summed E-state index contributed by atoms with van der Waals surface area (Å²) in [6.45, 7) is 1.81. The van der Waals surface area contributed by atoms with Crippen LogP contribution in [0.15, 0.2) is 27.1 Å². The first kappa shape index (κ1) is 15.2. The Morgan fingerprint density at radius 2 is 2.10 bits per heavy atom. The van der Waals surface area contributed by atoms with Crippen LogP contribution in [0.25, 0.3) is 0 Å². The van der Waals surface area contributed by atoms with Crippen LogP contribution in [0.1, 0.15) is 21.9 Å². The van der Waals surface area contributed by atoms with Crippen LogP contribution in [0.4, 0.5) is 0 Å². The lowest BCUT2D eigenvalue weighted by atomic mass is 10.2. The van der Waals surface area contributed by atoms with E-state index in [1.54, 1.807) is 19.1 Å². The van der Waals surface area contributed by atoms with E-state index in [1.807, 2.05) is 0 Å². The molecule has 1 N–H and O–H groups in total. The minimum atomic E-state index is -1.12. The number of furan rings is 1. The molecule has 4 nitrogen and oxygen atoms in total. The molecular formula is C13H9BrCl2O4. The van der Waals surface area contributed by atoms with Crippen molar-refractivity contribution in [3.05, 3.63) is 49.8 Å². The lowest BCUT2D eigenvalue weighted by Gasteiger charge is -2.10. The predicted molar refractivity (Wildman–Crippen MR) is 78.9 cm³/mol. The third-order valence-corrected chi connectivity index (χ3v) is 3.65. The predicted octanol–water partition coefficient (Wildman–Crippen LogP) is 4.93. The zero-order chi connectivity index (χ0) is 14.9. The molecule has 1 aromatic carbocycles. The zero-order valence-corrected chi connectivity index (χ0v) is 13.3. The van der Waals surface area contributed by atoms with Gasteiger partial charge in [-0.15, -0.1) is 0 Å². The molecule has 0 fully saturated rings. The highest BCUT2D eigenvalue weighted by molar-refractivity contribution is 9.10. The van der Waals surface area contributed by atoms with Gasteiger partial charge in [-0.2, -0.15) is 0 Å². The smallest absolute Gasteiger partial charge is 0.371 e. The first-order valence-corrected chi connectivity index (χ1v) is 7.03. The Bertz CT molecular complexity index is 643. The number of halogens is 3. The van der Waals surface area contributed by atoms with E-state index in [0.717, 1.165) is 0 Å². The summed E-state index contributed by atoms with van der Waals surface area (Å²) >= 11 is 15.2. The quantitative estimate of drug-likeness (QED) is 0.817. The summed E-state index contributed by atoms with van der Waals surface area (Å²) in [6, 6.07) is 4.65. The van der Waals surface area contributed by atoms with Gasteiger partial charge in [-0.1, -0.05) is 23.2 Å². The van der Waals surface area contributed by atoms with Crippen molar-refractivity contribution in [2.24, 2.45) is 0 Å². The molecule has 0 aliphatic carbocycles. The Labute approximate surface area is 133 Å². The first-order chi connectivity index (χ1) is 9.38. The molecule has 0 saturated heterocycles. The molecule has 1 aromatic heterocycles. The molecule has 2 rings (SSSR count). The van der Waals surface area contributed by atoms with E-state index in [2.05, 4.69) is 15.9 Å². The fourth-order valence-corrected chi connectivity index (χ4v) is 2.95. The monoisotopic (exact) mass is 378 g/mol. The molecule has 0 bridgehead atoms. The number of rotatable bonds is 4. The second-order valence-electron chi connectivity index (χ2n) is 3.98. The second-order valence-corrected chi connectivity index (χ2v) is 5.68. The maximum absolute atomic E-state index is 10.8. The summed E-state index contributed by atoms with van der Waals surface area (Å²) in [5.74, 6) is -0.315. The summed E-state index contributed by atoms with van der Waals surface area (Å²) < 4.78 is 11.3. The molecule has 0 spiro atoms. The highest BCUT2D eigenvalue weighted by atomic mass is 79.9.